The Morgan fingerprint density at radius 3 is 2.93 bits per heavy atom. The molecule has 1 aliphatic rings. The first-order chi connectivity index (χ1) is 14.4. The number of carbonyl (C=O) groups is 2. The summed E-state index contributed by atoms with van der Waals surface area (Å²) in [4.78, 5) is 49.8. The van der Waals surface area contributed by atoms with Gasteiger partial charge in [0.15, 0.2) is 5.13 Å². The number of thiazole rings is 1. The number of carbonyl (C=O) groups excluding carboxylic acids is 2. The second kappa shape index (κ2) is 6.89. The van der Waals surface area contributed by atoms with Crippen LogP contribution in [0.1, 0.15) is 38.0 Å². The molecule has 11 heteroatoms. The minimum absolute atomic E-state index is 0.0745. The summed E-state index contributed by atoms with van der Waals surface area (Å²) in [6, 6.07) is 1.61. The van der Waals surface area contributed by atoms with Crippen LogP contribution in [0.5, 0.6) is 0 Å². The molecule has 4 N–H and O–H groups in total. The van der Waals surface area contributed by atoms with Gasteiger partial charge in [-0.3, -0.25) is 24.3 Å². The lowest BCUT2D eigenvalue weighted by Crippen LogP contribution is -2.20. The van der Waals surface area contributed by atoms with Crippen LogP contribution >= 0.6 is 22.7 Å². The number of nitrogens with zero attached hydrogens (tertiary/aromatic N) is 3. The third-order valence-corrected chi connectivity index (χ3v) is 7.03. The summed E-state index contributed by atoms with van der Waals surface area (Å²) in [5.41, 5.74) is 7.42. The Hall–Kier alpha value is -3.31. The van der Waals surface area contributed by atoms with Crippen molar-refractivity contribution in [2.75, 3.05) is 5.32 Å². The van der Waals surface area contributed by atoms with Crippen molar-refractivity contribution in [3.63, 3.8) is 0 Å². The molecule has 2 amide bonds. The number of nitrogens with two attached hydrogens (primary N) is 1. The van der Waals surface area contributed by atoms with E-state index >= 15 is 0 Å². The highest BCUT2D eigenvalue weighted by Crippen LogP contribution is 2.30. The number of aryl methyl sites for hydroxylation is 2. The molecule has 0 aliphatic carbocycles. The number of H-pyrrole nitrogens is 1. The Balaban J connectivity index is 1.43. The molecule has 0 bridgehead atoms. The largest absolute Gasteiger partial charge is 0.364 e. The molecular weight excluding hydrogens is 424 g/mol. The van der Waals surface area contributed by atoms with Gasteiger partial charge in [0.05, 0.1) is 16.0 Å². The molecule has 30 heavy (non-hydrogen) atoms. The van der Waals surface area contributed by atoms with Crippen molar-refractivity contribution < 1.29 is 9.59 Å². The number of primary amides is 1. The first kappa shape index (κ1) is 18.7. The fourth-order valence-corrected chi connectivity index (χ4v) is 5.39. The van der Waals surface area contributed by atoms with E-state index in [9.17, 15) is 14.4 Å². The summed E-state index contributed by atoms with van der Waals surface area (Å²) >= 11 is 2.49. The molecule has 152 valence electrons. The van der Waals surface area contributed by atoms with E-state index in [4.69, 9.17) is 5.73 Å². The second-order valence-electron chi connectivity index (χ2n) is 6.98. The van der Waals surface area contributed by atoms with Crippen LogP contribution in [-0.4, -0.2) is 31.3 Å². The molecule has 0 unspecified atom stereocenters. The molecule has 5 heterocycles. The second-order valence-corrected chi connectivity index (χ2v) is 8.84. The SMILES string of the molecule is Cc1c(C(=O)Nc2nc(-c3c[nH]c(C(N)=O)c3)cs2)sc2nc3n(c(=O)c12)CCC3. The van der Waals surface area contributed by atoms with E-state index in [1.54, 1.807) is 29.1 Å². The van der Waals surface area contributed by atoms with E-state index < -0.39 is 5.91 Å². The number of hydrogen-bond donors (Lipinski definition) is 3. The Labute approximate surface area is 177 Å². The van der Waals surface area contributed by atoms with E-state index in [0.29, 0.717) is 43.6 Å². The number of nitrogens with one attached hydrogen (secondary N) is 2. The number of aromatic amines is 1. The summed E-state index contributed by atoms with van der Waals surface area (Å²) in [6.07, 6.45) is 3.33. The normalized spacial score (nSPS) is 13.0. The summed E-state index contributed by atoms with van der Waals surface area (Å²) in [5, 5.41) is 5.51. The smallest absolute Gasteiger partial charge is 0.267 e. The van der Waals surface area contributed by atoms with Crippen LogP contribution in [0.2, 0.25) is 0 Å². The molecule has 4 aromatic heterocycles. The van der Waals surface area contributed by atoms with Crippen LogP contribution in [0, 0.1) is 6.92 Å². The number of thiophene rings is 1. The van der Waals surface area contributed by atoms with Crippen LogP contribution in [0.3, 0.4) is 0 Å². The Morgan fingerprint density at radius 1 is 1.33 bits per heavy atom. The van der Waals surface area contributed by atoms with Gasteiger partial charge < -0.3 is 10.7 Å². The van der Waals surface area contributed by atoms with Gasteiger partial charge in [0.1, 0.15) is 16.3 Å². The number of amides is 2. The molecule has 4 aromatic rings. The first-order valence-corrected chi connectivity index (χ1v) is 10.9. The van der Waals surface area contributed by atoms with Crippen molar-refractivity contribution in [1.82, 2.24) is 19.5 Å². The monoisotopic (exact) mass is 440 g/mol. The molecule has 0 spiro atoms. The van der Waals surface area contributed by atoms with Gasteiger partial charge in [-0.15, -0.1) is 22.7 Å². The summed E-state index contributed by atoms with van der Waals surface area (Å²) < 4.78 is 1.70. The van der Waals surface area contributed by atoms with Crippen LogP contribution in [0.25, 0.3) is 21.5 Å². The lowest BCUT2D eigenvalue weighted by Gasteiger charge is -2.02. The molecule has 0 radical (unpaired) electrons. The highest BCUT2D eigenvalue weighted by molar-refractivity contribution is 7.21. The average molecular weight is 441 g/mol. The highest BCUT2D eigenvalue weighted by atomic mass is 32.1. The number of hydrogen-bond acceptors (Lipinski definition) is 7. The van der Waals surface area contributed by atoms with Gasteiger partial charge in [0.25, 0.3) is 17.4 Å². The Morgan fingerprint density at radius 2 is 2.17 bits per heavy atom. The van der Waals surface area contributed by atoms with Crippen LogP contribution < -0.4 is 16.6 Å². The van der Waals surface area contributed by atoms with Gasteiger partial charge in [-0.1, -0.05) is 0 Å². The van der Waals surface area contributed by atoms with E-state index in [1.807, 2.05) is 0 Å². The third-order valence-electron chi connectivity index (χ3n) is 5.09. The van der Waals surface area contributed by atoms with Gasteiger partial charge in [0.2, 0.25) is 0 Å². The molecule has 0 saturated carbocycles. The zero-order valence-electron chi connectivity index (χ0n) is 15.8. The zero-order chi connectivity index (χ0) is 21.0. The van der Waals surface area contributed by atoms with Crippen molar-refractivity contribution in [2.24, 2.45) is 5.73 Å². The Bertz CT molecular complexity index is 1390. The topological polar surface area (TPSA) is 136 Å². The maximum absolute atomic E-state index is 12.9. The van der Waals surface area contributed by atoms with Crippen molar-refractivity contribution in [3.05, 3.63) is 50.0 Å². The molecule has 9 nitrogen and oxygen atoms in total. The number of rotatable bonds is 4. The number of fused-ring (bicyclic) bond motifs is 2. The summed E-state index contributed by atoms with van der Waals surface area (Å²) in [6.45, 7) is 2.45. The van der Waals surface area contributed by atoms with Gasteiger partial charge in [0, 0.05) is 30.1 Å². The van der Waals surface area contributed by atoms with Crippen LogP contribution in [0.15, 0.2) is 22.4 Å². The van der Waals surface area contributed by atoms with Crippen molar-refractivity contribution in [2.45, 2.75) is 26.3 Å². The van der Waals surface area contributed by atoms with Crippen molar-refractivity contribution in [3.8, 4) is 11.3 Å². The van der Waals surface area contributed by atoms with Gasteiger partial charge >= 0.3 is 0 Å². The standard InChI is InChI=1S/C19H16N6O3S2/c1-8-13-17(23-12-3-2-4-25(12)18(13)28)30-14(8)16(27)24-19-22-11(7-29-19)9-5-10(15(20)26)21-6-9/h5-7,21H,2-4H2,1H3,(H2,20,26)(H,22,24,27). The fraction of sp³-hybridized carbons (Fsp3) is 0.211. The molecular formula is C19H16N6O3S2. The minimum Gasteiger partial charge on any atom is -0.364 e. The molecule has 5 rings (SSSR count). The van der Waals surface area contributed by atoms with Gasteiger partial charge in [-0.05, 0) is 25.0 Å². The average Bonchev–Trinajstić information content (AvgIpc) is 3.47. The molecule has 0 fully saturated rings. The van der Waals surface area contributed by atoms with Crippen molar-refractivity contribution >= 4 is 49.8 Å². The maximum Gasteiger partial charge on any atom is 0.267 e. The fourth-order valence-electron chi connectivity index (χ4n) is 3.59. The number of aromatic nitrogens is 4. The van der Waals surface area contributed by atoms with E-state index in [-0.39, 0.29) is 17.2 Å². The maximum atomic E-state index is 12.9. The third kappa shape index (κ3) is 2.94. The first-order valence-electron chi connectivity index (χ1n) is 9.20. The van der Waals surface area contributed by atoms with E-state index in [1.165, 1.54) is 22.7 Å². The van der Waals surface area contributed by atoms with Gasteiger partial charge in [-0.25, -0.2) is 9.97 Å². The molecule has 1 aliphatic heterocycles. The van der Waals surface area contributed by atoms with Crippen molar-refractivity contribution in [1.29, 1.82) is 0 Å². The zero-order valence-corrected chi connectivity index (χ0v) is 17.4. The predicted octanol–water partition coefficient (Wildman–Crippen LogP) is 2.52. The predicted molar refractivity (Wildman–Crippen MR) is 115 cm³/mol. The van der Waals surface area contributed by atoms with Gasteiger partial charge in [-0.2, -0.15) is 0 Å². The molecule has 0 atom stereocenters. The minimum atomic E-state index is -0.555. The highest BCUT2D eigenvalue weighted by Gasteiger charge is 2.24. The molecule has 0 aromatic carbocycles. The lowest BCUT2D eigenvalue weighted by atomic mass is 10.2. The van der Waals surface area contributed by atoms with Crippen LogP contribution in [-0.2, 0) is 13.0 Å². The lowest BCUT2D eigenvalue weighted by molar-refractivity contribution is 0.0994. The Kier molecular flexibility index (Phi) is 4.29. The van der Waals surface area contributed by atoms with E-state index in [2.05, 4.69) is 20.3 Å². The molecule has 0 saturated heterocycles. The summed E-state index contributed by atoms with van der Waals surface area (Å²) in [5.74, 6) is -0.0966. The number of anilines is 1. The quantitative estimate of drug-likeness (QED) is 0.448. The summed E-state index contributed by atoms with van der Waals surface area (Å²) in [7, 11) is 0. The van der Waals surface area contributed by atoms with Crippen LogP contribution in [0.4, 0.5) is 5.13 Å². The van der Waals surface area contributed by atoms with E-state index in [0.717, 1.165) is 18.7 Å².